The average molecular weight is 609 g/mol. The number of halogens is 1. The van der Waals surface area contributed by atoms with Crippen LogP contribution in [0.3, 0.4) is 0 Å². The zero-order valence-electron chi connectivity index (χ0n) is 21.6. The monoisotopic (exact) mass is 608 g/mol. The zero-order chi connectivity index (χ0) is 28.6. The van der Waals surface area contributed by atoms with E-state index in [9.17, 15) is 23.4 Å². The summed E-state index contributed by atoms with van der Waals surface area (Å²) in [5, 5.41) is 26.2. The molecule has 1 saturated carbocycles. The molecule has 1 aliphatic carbocycles. The average Bonchev–Trinajstić information content (AvgIpc) is 3.53. The number of anilines is 1. The van der Waals surface area contributed by atoms with Crippen LogP contribution in [-0.2, 0) is 32.3 Å². The quantitative estimate of drug-likeness (QED) is 0.307. The Kier molecular flexibility index (Phi) is 8.55. The molecule has 2 aromatic heterocycles. The highest BCUT2D eigenvalue weighted by Gasteiger charge is 2.37. The first-order valence-corrected chi connectivity index (χ1v) is 15.3. The Bertz CT molecular complexity index is 1520. The van der Waals surface area contributed by atoms with Gasteiger partial charge in [0.05, 0.1) is 36.4 Å². The summed E-state index contributed by atoms with van der Waals surface area (Å²) >= 11 is 7.45. The van der Waals surface area contributed by atoms with E-state index < -0.39 is 28.4 Å². The zero-order valence-corrected chi connectivity index (χ0v) is 24.0. The number of aliphatic hydroxyl groups is 2. The summed E-state index contributed by atoms with van der Waals surface area (Å²) in [6, 6.07) is 7.17. The maximum Gasteiger partial charge on any atom is 0.333 e. The molecular formula is C26H29ClN4O7S2. The van der Waals surface area contributed by atoms with Gasteiger partial charge in [-0.05, 0) is 48.6 Å². The lowest BCUT2D eigenvalue weighted by Crippen LogP contribution is -2.32. The Morgan fingerprint density at radius 2 is 2.10 bits per heavy atom. The molecule has 3 heterocycles. The van der Waals surface area contributed by atoms with Gasteiger partial charge in [-0.3, -0.25) is 8.98 Å². The molecule has 5 rings (SSSR count). The molecule has 0 saturated heterocycles. The maximum absolute atomic E-state index is 13.8. The van der Waals surface area contributed by atoms with Crippen molar-refractivity contribution in [2.24, 2.45) is 11.1 Å². The van der Waals surface area contributed by atoms with Gasteiger partial charge in [0.2, 0.25) is 5.78 Å². The van der Waals surface area contributed by atoms with Crippen LogP contribution in [0.5, 0.6) is 0 Å². The van der Waals surface area contributed by atoms with Gasteiger partial charge >= 0.3 is 10.3 Å². The van der Waals surface area contributed by atoms with Crippen molar-refractivity contribution in [2.75, 3.05) is 25.2 Å². The molecule has 3 aromatic rings. The van der Waals surface area contributed by atoms with E-state index in [-0.39, 0.29) is 30.6 Å². The second kappa shape index (κ2) is 11.8. The van der Waals surface area contributed by atoms with E-state index in [0.29, 0.717) is 45.6 Å². The van der Waals surface area contributed by atoms with Gasteiger partial charge in [0.1, 0.15) is 18.2 Å². The van der Waals surface area contributed by atoms with Crippen LogP contribution in [-0.4, -0.2) is 66.8 Å². The van der Waals surface area contributed by atoms with Crippen LogP contribution >= 0.6 is 22.9 Å². The van der Waals surface area contributed by atoms with Crippen molar-refractivity contribution in [1.82, 2.24) is 9.97 Å². The summed E-state index contributed by atoms with van der Waals surface area (Å²) in [5.41, 5.74) is 2.99. The molecule has 0 spiro atoms. The number of nitrogens with zero attached hydrogens (tertiary/aromatic N) is 3. The Morgan fingerprint density at radius 3 is 2.85 bits per heavy atom. The van der Waals surface area contributed by atoms with Crippen LogP contribution < -0.4 is 10.0 Å². The topological polar surface area (TPSA) is 165 Å². The Morgan fingerprint density at radius 1 is 1.30 bits per heavy atom. The maximum atomic E-state index is 13.8. The predicted octanol–water partition coefficient (Wildman–Crippen LogP) is 2.37. The number of nitrogens with two attached hydrogens (primary N) is 1. The van der Waals surface area contributed by atoms with Crippen LogP contribution in [0.1, 0.15) is 55.7 Å². The fraction of sp³-hybridized carbons (Fsp3) is 0.423. The third-order valence-corrected chi connectivity index (χ3v) is 9.27. The first-order chi connectivity index (χ1) is 19.1. The minimum Gasteiger partial charge on any atom is -0.393 e. The number of ketones is 1. The molecule has 4 atom stereocenters. The molecule has 1 aromatic carbocycles. The lowest BCUT2D eigenvalue weighted by molar-refractivity contribution is 0.0688. The SMILES string of the molecule is CN(c1ncncc1C(=O)c1cc([C@@H]2OCCc3ccc(Cl)cc32)c(CO)s1)[C@@H]1C[C@H](COS(N)(=O)=O)[C@@H](O)C1. The number of rotatable bonds is 9. The van der Waals surface area contributed by atoms with Gasteiger partial charge in [0, 0.05) is 40.7 Å². The summed E-state index contributed by atoms with van der Waals surface area (Å²) in [5.74, 6) is -0.398. The summed E-state index contributed by atoms with van der Waals surface area (Å²) in [6.07, 6.45) is 2.98. The standard InChI is InChI=1S/C26H29ClN4O7S2/c1-31(17-6-15(21(33)8-17)12-38-40(28,35)36)26-20(10-29-13-30-26)24(34)22-9-19(23(11-32)39-22)25-18-7-16(27)3-2-14(18)4-5-37-25/h2-3,7,9-10,13,15,17,21,25,32-33H,4-6,8,11-12H2,1H3,(H2,28,35,36)/t15-,17-,21+,25-/m1/s1. The van der Waals surface area contributed by atoms with Crippen LogP contribution in [0.2, 0.25) is 5.02 Å². The molecule has 1 aliphatic heterocycles. The minimum atomic E-state index is -4.13. The number of aliphatic hydroxyl groups excluding tert-OH is 2. The number of carbonyl (C=O) groups is 1. The molecule has 214 valence electrons. The van der Waals surface area contributed by atoms with Gasteiger partial charge in [-0.15, -0.1) is 11.3 Å². The highest BCUT2D eigenvalue weighted by atomic mass is 35.5. The number of hydrogen-bond acceptors (Lipinski definition) is 11. The summed E-state index contributed by atoms with van der Waals surface area (Å²) in [6.45, 7) is 0.00364. The van der Waals surface area contributed by atoms with Gasteiger partial charge in [-0.25, -0.2) is 15.1 Å². The molecule has 2 aliphatic rings. The van der Waals surface area contributed by atoms with E-state index >= 15 is 0 Å². The second-order valence-electron chi connectivity index (χ2n) is 9.92. The Labute approximate surface area is 240 Å². The third-order valence-electron chi connectivity index (χ3n) is 7.43. The van der Waals surface area contributed by atoms with Gasteiger partial charge in [0.15, 0.2) is 0 Å². The first-order valence-electron chi connectivity index (χ1n) is 12.6. The van der Waals surface area contributed by atoms with Gasteiger partial charge in [-0.1, -0.05) is 17.7 Å². The van der Waals surface area contributed by atoms with Crippen LogP contribution in [0, 0.1) is 5.92 Å². The number of aromatic nitrogens is 2. The lowest BCUT2D eigenvalue weighted by Gasteiger charge is -2.27. The van der Waals surface area contributed by atoms with E-state index in [1.165, 1.54) is 23.9 Å². The molecule has 4 N–H and O–H groups in total. The van der Waals surface area contributed by atoms with Crippen molar-refractivity contribution in [3.63, 3.8) is 0 Å². The van der Waals surface area contributed by atoms with Crippen molar-refractivity contribution in [3.05, 3.63) is 73.8 Å². The first kappa shape index (κ1) is 29.0. The summed E-state index contributed by atoms with van der Waals surface area (Å²) in [4.78, 5) is 25.0. The molecule has 0 radical (unpaired) electrons. The van der Waals surface area contributed by atoms with Crippen LogP contribution in [0.4, 0.5) is 5.82 Å². The highest BCUT2D eigenvalue weighted by molar-refractivity contribution is 7.84. The van der Waals surface area contributed by atoms with Crippen molar-refractivity contribution in [1.29, 1.82) is 0 Å². The third kappa shape index (κ3) is 6.06. The molecule has 14 heteroatoms. The smallest absolute Gasteiger partial charge is 0.333 e. The van der Waals surface area contributed by atoms with E-state index in [2.05, 4.69) is 9.97 Å². The van der Waals surface area contributed by atoms with E-state index in [1.807, 2.05) is 18.2 Å². The number of thiophene rings is 1. The Hall–Kier alpha value is -2.49. The summed E-state index contributed by atoms with van der Waals surface area (Å²) < 4.78 is 33.2. The number of benzene rings is 1. The van der Waals surface area contributed by atoms with E-state index in [0.717, 1.165) is 17.5 Å². The highest BCUT2D eigenvalue weighted by Crippen LogP contribution is 2.40. The Balaban J connectivity index is 1.41. The molecule has 0 unspecified atom stereocenters. The van der Waals surface area contributed by atoms with Crippen LogP contribution in [0.25, 0.3) is 0 Å². The molecule has 0 amide bonds. The fourth-order valence-electron chi connectivity index (χ4n) is 5.39. The molecule has 11 nitrogen and oxygen atoms in total. The van der Waals surface area contributed by atoms with Crippen molar-refractivity contribution >= 4 is 44.8 Å². The van der Waals surface area contributed by atoms with Crippen LogP contribution in [0.15, 0.2) is 36.8 Å². The number of carbonyl (C=O) groups excluding carboxylic acids is 1. The molecular weight excluding hydrogens is 580 g/mol. The number of fused-ring (bicyclic) bond motifs is 1. The number of ether oxygens (including phenoxy) is 1. The van der Waals surface area contributed by atoms with E-state index in [4.69, 9.17) is 25.7 Å². The molecule has 0 bridgehead atoms. The second-order valence-corrected chi connectivity index (χ2v) is 12.7. The summed E-state index contributed by atoms with van der Waals surface area (Å²) in [7, 11) is -2.37. The van der Waals surface area contributed by atoms with Crippen molar-refractivity contribution in [3.8, 4) is 0 Å². The largest absolute Gasteiger partial charge is 0.393 e. The molecule has 1 fully saturated rings. The lowest BCUT2D eigenvalue weighted by atomic mass is 9.93. The van der Waals surface area contributed by atoms with Gasteiger partial charge in [0.25, 0.3) is 0 Å². The van der Waals surface area contributed by atoms with Crippen molar-refractivity contribution < 1.29 is 32.3 Å². The van der Waals surface area contributed by atoms with Gasteiger partial charge < -0.3 is 19.8 Å². The fourth-order valence-corrected chi connectivity index (χ4v) is 6.94. The normalized spacial score (nSPS) is 22.7. The minimum absolute atomic E-state index is 0.237. The van der Waals surface area contributed by atoms with E-state index in [1.54, 1.807) is 18.0 Å². The van der Waals surface area contributed by atoms with Gasteiger partial charge in [-0.2, -0.15) is 8.42 Å². The van der Waals surface area contributed by atoms with Crippen molar-refractivity contribution in [2.45, 2.75) is 44.1 Å². The molecule has 40 heavy (non-hydrogen) atoms. The predicted molar refractivity (Wildman–Crippen MR) is 149 cm³/mol. The number of hydrogen-bond donors (Lipinski definition) is 3.